The van der Waals surface area contributed by atoms with Crippen LogP contribution in [0.2, 0.25) is 0 Å². The highest BCUT2D eigenvalue weighted by Crippen LogP contribution is 2.12. The molecule has 1 aromatic carbocycles. The van der Waals surface area contributed by atoms with Crippen LogP contribution in [-0.2, 0) is 11.3 Å². The summed E-state index contributed by atoms with van der Waals surface area (Å²) in [6.45, 7) is 3.52. The van der Waals surface area contributed by atoms with Gasteiger partial charge in [-0.25, -0.2) is 4.68 Å². The summed E-state index contributed by atoms with van der Waals surface area (Å²) in [6, 6.07) is 9.89. The highest BCUT2D eigenvalue weighted by molar-refractivity contribution is 5.77. The summed E-state index contributed by atoms with van der Waals surface area (Å²) in [6.07, 6.45) is 3.65. The number of aromatic nitrogens is 2. The average molecular weight is 258 g/mol. The number of benzene rings is 1. The van der Waals surface area contributed by atoms with Crippen molar-refractivity contribution in [1.29, 1.82) is 0 Å². The van der Waals surface area contributed by atoms with Crippen LogP contribution in [-0.4, -0.2) is 28.8 Å². The maximum Gasteiger partial charge on any atom is 0.233 e. The molecule has 0 aliphatic heterocycles. The fourth-order valence-corrected chi connectivity index (χ4v) is 1.87. The van der Waals surface area contributed by atoms with Crippen LogP contribution in [0.3, 0.4) is 0 Å². The van der Waals surface area contributed by atoms with Crippen molar-refractivity contribution in [2.75, 3.05) is 13.1 Å². The summed E-state index contributed by atoms with van der Waals surface area (Å²) in [7, 11) is 0. The molecule has 0 radical (unpaired) electrons. The lowest BCUT2D eigenvalue weighted by molar-refractivity contribution is -0.120. The van der Waals surface area contributed by atoms with E-state index in [1.54, 1.807) is 6.20 Å². The Morgan fingerprint density at radius 2 is 2.16 bits per heavy atom. The molecule has 1 amide bonds. The molecule has 1 heterocycles. The van der Waals surface area contributed by atoms with Crippen LogP contribution >= 0.6 is 0 Å². The Morgan fingerprint density at radius 1 is 1.32 bits per heavy atom. The predicted octanol–water partition coefficient (Wildman–Crippen LogP) is 1.10. The third-order valence-corrected chi connectivity index (χ3v) is 2.72. The molecule has 0 aliphatic carbocycles. The van der Waals surface area contributed by atoms with Gasteiger partial charge in [-0.1, -0.05) is 18.2 Å². The second-order valence-corrected chi connectivity index (χ2v) is 4.14. The van der Waals surface area contributed by atoms with Crippen LogP contribution in [0.15, 0.2) is 42.7 Å². The number of likely N-dealkylation sites (N-methyl/N-ethyl adjacent to an activating group) is 1. The fourth-order valence-electron chi connectivity index (χ4n) is 1.87. The highest BCUT2D eigenvalue weighted by atomic mass is 16.1. The van der Waals surface area contributed by atoms with E-state index >= 15 is 0 Å². The van der Waals surface area contributed by atoms with Crippen LogP contribution in [0.5, 0.6) is 0 Å². The molecule has 0 bridgehead atoms. The van der Waals surface area contributed by atoms with Crippen molar-refractivity contribution in [3.63, 3.8) is 0 Å². The number of nitrogens with one attached hydrogen (secondary N) is 2. The van der Waals surface area contributed by atoms with Gasteiger partial charge in [-0.2, -0.15) is 5.10 Å². The van der Waals surface area contributed by atoms with Crippen molar-refractivity contribution in [1.82, 2.24) is 20.4 Å². The SMILES string of the molecule is CCNC(=O)CNCc1ccccc1-n1cccn1. The van der Waals surface area contributed by atoms with E-state index in [9.17, 15) is 4.79 Å². The molecule has 0 spiro atoms. The van der Waals surface area contributed by atoms with E-state index in [-0.39, 0.29) is 5.91 Å². The molecule has 2 aromatic rings. The van der Waals surface area contributed by atoms with Crippen LogP contribution in [0.25, 0.3) is 5.69 Å². The Bertz CT molecular complexity index is 522. The quantitative estimate of drug-likeness (QED) is 0.815. The van der Waals surface area contributed by atoms with E-state index in [0.717, 1.165) is 11.3 Å². The molecule has 5 nitrogen and oxygen atoms in total. The van der Waals surface area contributed by atoms with Crippen molar-refractivity contribution in [2.45, 2.75) is 13.5 Å². The van der Waals surface area contributed by atoms with Crippen LogP contribution < -0.4 is 10.6 Å². The first-order valence-electron chi connectivity index (χ1n) is 6.36. The Morgan fingerprint density at radius 3 is 2.89 bits per heavy atom. The van der Waals surface area contributed by atoms with Crippen LogP contribution in [0.1, 0.15) is 12.5 Å². The molecule has 2 rings (SSSR count). The van der Waals surface area contributed by atoms with Crippen LogP contribution in [0, 0.1) is 0 Å². The molecule has 0 fully saturated rings. The summed E-state index contributed by atoms with van der Waals surface area (Å²) >= 11 is 0. The topological polar surface area (TPSA) is 59.0 Å². The summed E-state index contributed by atoms with van der Waals surface area (Å²) in [5, 5.41) is 10.1. The zero-order valence-electron chi connectivity index (χ0n) is 11.0. The average Bonchev–Trinajstić information content (AvgIpc) is 2.93. The molecule has 0 atom stereocenters. The number of hydrogen-bond donors (Lipinski definition) is 2. The minimum absolute atomic E-state index is 0.0130. The molecule has 0 unspecified atom stereocenters. The molecule has 0 aliphatic rings. The number of carbonyl (C=O) groups is 1. The van der Waals surface area contributed by atoms with Gasteiger partial charge in [0.15, 0.2) is 0 Å². The molecule has 19 heavy (non-hydrogen) atoms. The molecular formula is C14H18N4O. The monoisotopic (exact) mass is 258 g/mol. The van der Waals surface area contributed by atoms with E-state index in [1.807, 2.05) is 48.1 Å². The van der Waals surface area contributed by atoms with E-state index in [0.29, 0.717) is 19.6 Å². The summed E-state index contributed by atoms with van der Waals surface area (Å²) in [4.78, 5) is 11.4. The third-order valence-electron chi connectivity index (χ3n) is 2.72. The number of para-hydroxylation sites is 1. The minimum Gasteiger partial charge on any atom is -0.355 e. The van der Waals surface area contributed by atoms with Crippen molar-refractivity contribution in [2.24, 2.45) is 0 Å². The lowest BCUT2D eigenvalue weighted by Gasteiger charge is -2.10. The maximum absolute atomic E-state index is 11.4. The number of amides is 1. The minimum atomic E-state index is 0.0130. The Hall–Kier alpha value is -2.14. The van der Waals surface area contributed by atoms with E-state index < -0.39 is 0 Å². The Kier molecular flexibility index (Phi) is 4.69. The highest BCUT2D eigenvalue weighted by Gasteiger charge is 2.04. The first kappa shape index (κ1) is 13.3. The molecule has 2 N–H and O–H groups in total. The van der Waals surface area contributed by atoms with Gasteiger partial charge in [0.1, 0.15) is 0 Å². The zero-order chi connectivity index (χ0) is 13.5. The van der Waals surface area contributed by atoms with Crippen molar-refractivity contribution in [3.8, 4) is 5.69 Å². The van der Waals surface area contributed by atoms with Crippen molar-refractivity contribution >= 4 is 5.91 Å². The smallest absolute Gasteiger partial charge is 0.233 e. The lowest BCUT2D eigenvalue weighted by atomic mass is 10.2. The number of rotatable bonds is 6. The number of carbonyl (C=O) groups excluding carboxylic acids is 1. The second-order valence-electron chi connectivity index (χ2n) is 4.14. The second kappa shape index (κ2) is 6.70. The standard InChI is InChI=1S/C14H18N4O/c1-2-16-14(19)11-15-10-12-6-3-4-7-13(12)18-9-5-8-17-18/h3-9,15H,2,10-11H2,1H3,(H,16,19). The van der Waals surface area contributed by atoms with Gasteiger partial charge in [0.25, 0.3) is 0 Å². The zero-order valence-corrected chi connectivity index (χ0v) is 11.0. The summed E-state index contributed by atoms with van der Waals surface area (Å²) in [5.74, 6) is 0.0130. The van der Waals surface area contributed by atoms with E-state index in [2.05, 4.69) is 15.7 Å². The van der Waals surface area contributed by atoms with Crippen molar-refractivity contribution in [3.05, 3.63) is 48.3 Å². The van der Waals surface area contributed by atoms with Crippen molar-refractivity contribution < 1.29 is 4.79 Å². The van der Waals surface area contributed by atoms with Crippen LogP contribution in [0.4, 0.5) is 0 Å². The molecule has 1 aromatic heterocycles. The lowest BCUT2D eigenvalue weighted by Crippen LogP contribution is -2.33. The maximum atomic E-state index is 11.4. The third kappa shape index (κ3) is 3.66. The summed E-state index contributed by atoms with van der Waals surface area (Å²) < 4.78 is 1.82. The van der Waals surface area contributed by atoms with Gasteiger partial charge < -0.3 is 10.6 Å². The Labute approximate surface area is 112 Å². The van der Waals surface area contributed by atoms with Gasteiger partial charge in [-0.05, 0) is 24.6 Å². The van der Waals surface area contributed by atoms with E-state index in [4.69, 9.17) is 0 Å². The molecule has 0 saturated heterocycles. The first-order chi connectivity index (χ1) is 9.31. The van der Waals surface area contributed by atoms with Gasteiger partial charge in [0.2, 0.25) is 5.91 Å². The number of nitrogens with zero attached hydrogens (tertiary/aromatic N) is 2. The fraction of sp³-hybridized carbons (Fsp3) is 0.286. The normalized spacial score (nSPS) is 10.4. The largest absolute Gasteiger partial charge is 0.355 e. The van der Waals surface area contributed by atoms with Gasteiger partial charge in [-0.15, -0.1) is 0 Å². The molecule has 0 saturated carbocycles. The van der Waals surface area contributed by atoms with Gasteiger partial charge in [0, 0.05) is 25.5 Å². The molecular weight excluding hydrogens is 240 g/mol. The van der Waals surface area contributed by atoms with Gasteiger partial charge in [-0.3, -0.25) is 4.79 Å². The molecule has 5 heteroatoms. The number of hydrogen-bond acceptors (Lipinski definition) is 3. The Balaban J connectivity index is 1.99. The van der Waals surface area contributed by atoms with E-state index in [1.165, 1.54) is 0 Å². The first-order valence-corrected chi connectivity index (χ1v) is 6.36. The predicted molar refractivity (Wildman–Crippen MR) is 74.0 cm³/mol. The molecule has 100 valence electrons. The van der Waals surface area contributed by atoms with Gasteiger partial charge in [0.05, 0.1) is 12.2 Å². The van der Waals surface area contributed by atoms with Gasteiger partial charge >= 0.3 is 0 Å². The summed E-state index contributed by atoms with van der Waals surface area (Å²) in [5.41, 5.74) is 2.13.